The van der Waals surface area contributed by atoms with Gasteiger partial charge in [-0.15, -0.1) is 0 Å². The molecular weight excluding hydrogens is 527 g/mol. The van der Waals surface area contributed by atoms with Gasteiger partial charge in [-0.05, 0) is 59.5 Å². The van der Waals surface area contributed by atoms with Gasteiger partial charge in [0.05, 0.1) is 22.7 Å². The molecule has 12 heteroatoms. The molecule has 0 fully saturated rings. The summed E-state index contributed by atoms with van der Waals surface area (Å²) in [5, 5.41) is 2.86. The second-order valence-corrected chi connectivity index (χ2v) is 10.5. The van der Waals surface area contributed by atoms with E-state index < -0.39 is 44.2 Å². The maximum Gasteiger partial charge on any atom is 0.416 e. The van der Waals surface area contributed by atoms with E-state index in [-0.39, 0.29) is 36.6 Å². The minimum absolute atomic E-state index is 0.0760. The number of carbonyl (C=O) groups excluding carboxylic acids is 1. The summed E-state index contributed by atoms with van der Waals surface area (Å²) in [7, 11) is -4.34. The minimum atomic E-state index is -4.49. The average Bonchev–Trinajstić information content (AvgIpc) is 2.82. The van der Waals surface area contributed by atoms with Gasteiger partial charge in [0.15, 0.2) is 0 Å². The van der Waals surface area contributed by atoms with Crippen molar-refractivity contribution < 1.29 is 35.2 Å². The van der Waals surface area contributed by atoms with Crippen molar-refractivity contribution in [2.75, 3.05) is 11.9 Å². The molecule has 1 N–H and O–H groups in total. The molecular formula is C24H18ClF5N2O3S. The van der Waals surface area contributed by atoms with Crippen LogP contribution in [-0.2, 0) is 40.4 Å². The van der Waals surface area contributed by atoms with Crippen molar-refractivity contribution in [1.29, 1.82) is 0 Å². The van der Waals surface area contributed by atoms with Gasteiger partial charge in [0, 0.05) is 13.1 Å². The van der Waals surface area contributed by atoms with Crippen molar-refractivity contribution in [2.45, 2.75) is 30.5 Å². The summed E-state index contributed by atoms with van der Waals surface area (Å²) in [5.74, 6) is -2.49. The quantitative estimate of drug-likeness (QED) is 0.427. The van der Waals surface area contributed by atoms with Crippen molar-refractivity contribution >= 4 is 33.2 Å². The number of amides is 1. The van der Waals surface area contributed by atoms with Gasteiger partial charge in [-0.1, -0.05) is 29.8 Å². The van der Waals surface area contributed by atoms with Crippen LogP contribution in [0, 0.1) is 11.6 Å². The highest BCUT2D eigenvalue weighted by atomic mass is 35.5. The van der Waals surface area contributed by atoms with Crippen LogP contribution in [0.4, 0.5) is 27.6 Å². The van der Waals surface area contributed by atoms with Gasteiger partial charge in [-0.2, -0.15) is 17.5 Å². The molecule has 1 aliphatic rings. The molecule has 0 saturated carbocycles. The summed E-state index contributed by atoms with van der Waals surface area (Å²) in [4.78, 5) is 11.8. The number of hydrogen-bond donors (Lipinski definition) is 1. The zero-order valence-corrected chi connectivity index (χ0v) is 19.9. The Kier molecular flexibility index (Phi) is 7.09. The molecule has 0 aliphatic carbocycles. The minimum Gasteiger partial charge on any atom is -0.324 e. The van der Waals surface area contributed by atoms with Crippen LogP contribution in [0.2, 0.25) is 5.02 Å². The fourth-order valence-electron chi connectivity index (χ4n) is 3.94. The zero-order chi connectivity index (χ0) is 26.3. The lowest BCUT2D eigenvalue weighted by Crippen LogP contribution is -2.37. The number of anilines is 1. The molecule has 36 heavy (non-hydrogen) atoms. The van der Waals surface area contributed by atoms with Crippen LogP contribution in [0.5, 0.6) is 0 Å². The number of carbonyl (C=O) groups is 1. The molecule has 5 nitrogen and oxygen atoms in total. The molecule has 0 aromatic heterocycles. The second-order valence-electron chi connectivity index (χ2n) is 8.14. The summed E-state index contributed by atoms with van der Waals surface area (Å²) in [5.41, 5.74) is 0.880. The van der Waals surface area contributed by atoms with Crippen LogP contribution in [0.25, 0.3) is 0 Å². The molecule has 4 rings (SSSR count). The SMILES string of the molecule is O=C(Cc1ccc(C(F)(F)F)cc1)Nc1c(Cl)ccc2c1CCN(S(=O)(=O)c1cc(F)ccc1F)C2. The Morgan fingerprint density at radius 3 is 2.39 bits per heavy atom. The fraction of sp³-hybridized carbons (Fsp3) is 0.208. The summed E-state index contributed by atoms with van der Waals surface area (Å²) in [6.45, 7) is -0.236. The average molecular weight is 545 g/mol. The Labute approximate surface area is 208 Å². The molecule has 190 valence electrons. The van der Waals surface area contributed by atoms with Gasteiger partial charge < -0.3 is 5.32 Å². The van der Waals surface area contributed by atoms with E-state index in [0.29, 0.717) is 22.8 Å². The summed E-state index contributed by atoms with van der Waals surface area (Å²) >= 11 is 6.28. The predicted octanol–water partition coefficient (Wildman–Crippen LogP) is 5.57. The lowest BCUT2D eigenvalue weighted by Gasteiger charge is -2.30. The molecule has 1 amide bonds. The smallest absolute Gasteiger partial charge is 0.324 e. The van der Waals surface area contributed by atoms with Crippen molar-refractivity contribution in [2.24, 2.45) is 0 Å². The number of fused-ring (bicyclic) bond motifs is 1. The number of benzene rings is 3. The van der Waals surface area contributed by atoms with E-state index >= 15 is 0 Å². The van der Waals surface area contributed by atoms with Crippen molar-refractivity contribution in [1.82, 2.24) is 4.31 Å². The molecule has 0 unspecified atom stereocenters. The first-order chi connectivity index (χ1) is 16.9. The highest BCUT2D eigenvalue weighted by molar-refractivity contribution is 7.89. The first-order valence-corrected chi connectivity index (χ1v) is 12.4. The number of rotatable bonds is 5. The monoisotopic (exact) mass is 544 g/mol. The van der Waals surface area contributed by atoms with Crippen LogP contribution in [0.1, 0.15) is 22.3 Å². The van der Waals surface area contributed by atoms with E-state index in [0.717, 1.165) is 28.6 Å². The Hall–Kier alpha value is -3.02. The lowest BCUT2D eigenvalue weighted by atomic mass is 9.98. The molecule has 3 aromatic rings. The molecule has 0 atom stereocenters. The Balaban J connectivity index is 1.53. The van der Waals surface area contributed by atoms with Crippen LogP contribution in [-0.4, -0.2) is 25.2 Å². The molecule has 0 spiro atoms. The van der Waals surface area contributed by atoms with E-state index in [1.165, 1.54) is 18.2 Å². The van der Waals surface area contributed by atoms with Gasteiger partial charge in [0.2, 0.25) is 15.9 Å². The van der Waals surface area contributed by atoms with Crippen molar-refractivity contribution in [3.8, 4) is 0 Å². The normalized spacial score (nSPS) is 14.4. The van der Waals surface area contributed by atoms with Gasteiger partial charge in [-0.25, -0.2) is 17.2 Å². The highest BCUT2D eigenvalue weighted by Crippen LogP contribution is 2.35. The van der Waals surface area contributed by atoms with Gasteiger partial charge >= 0.3 is 6.18 Å². The standard InChI is InChI=1S/C24H18ClF5N2O3S/c25-19-7-3-15-13-32(36(34,35)21-12-17(26)6-8-20(21)27)10-9-18(15)23(19)31-22(33)11-14-1-4-16(5-2-14)24(28,29)30/h1-8,12H,9-11,13H2,(H,31,33). The van der Waals surface area contributed by atoms with E-state index in [1.807, 2.05) is 0 Å². The maximum atomic E-state index is 14.1. The Bertz CT molecular complexity index is 1430. The van der Waals surface area contributed by atoms with E-state index in [1.54, 1.807) is 6.07 Å². The van der Waals surface area contributed by atoms with Crippen LogP contribution in [0.15, 0.2) is 59.5 Å². The number of halogens is 6. The summed E-state index contributed by atoms with van der Waals surface area (Å²) < 4.78 is 92.8. The third-order valence-corrected chi connectivity index (χ3v) is 7.91. The number of nitrogens with one attached hydrogen (secondary N) is 1. The Morgan fingerprint density at radius 1 is 1.03 bits per heavy atom. The summed E-state index contributed by atoms with van der Waals surface area (Å²) in [6, 6.07) is 9.41. The number of alkyl halides is 3. The first kappa shape index (κ1) is 26.1. The first-order valence-electron chi connectivity index (χ1n) is 10.6. The summed E-state index contributed by atoms with van der Waals surface area (Å²) in [6.07, 6.45) is -4.57. The van der Waals surface area contributed by atoms with Crippen LogP contribution in [0.3, 0.4) is 0 Å². The Morgan fingerprint density at radius 2 is 1.72 bits per heavy atom. The molecule has 0 radical (unpaired) electrons. The van der Waals surface area contributed by atoms with Crippen molar-refractivity contribution in [3.05, 3.63) is 93.5 Å². The van der Waals surface area contributed by atoms with Gasteiger partial charge in [-0.3, -0.25) is 4.79 Å². The second kappa shape index (κ2) is 9.79. The number of nitrogens with zero attached hydrogens (tertiary/aromatic N) is 1. The third kappa shape index (κ3) is 5.37. The topological polar surface area (TPSA) is 66.5 Å². The maximum absolute atomic E-state index is 14.1. The van der Waals surface area contributed by atoms with E-state index in [9.17, 15) is 35.2 Å². The molecule has 3 aromatic carbocycles. The number of hydrogen-bond acceptors (Lipinski definition) is 3. The predicted molar refractivity (Wildman–Crippen MR) is 123 cm³/mol. The molecule has 1 aliphatic heterocycles. The highest BCUT2D eigenvalue weighted by Gasteiger charge is 2.33. The molecule has 0 bridgehead atoms. The number of sulfonamides is 1. The largest absolute Gasteiger partial charge is 0.416 e. The van der Waals surface area contributed by atoms with Crippen LogP contribution >= 0.6 is 11.6 Å². The fourth-order valence-corrected chi connectivity index (χ4v) is 5.66. The third-order valence-electron chi connectivity index (χ3n) is 5.74. The van der Waals surface area contributed by atoms with E-state index in [2.05, 4.69) is 5.32 Å². The zero-order valence-electron chi connectivity index (χ0n) is 18.4. The van der Waals surface area contributed by atoms with Crippen LogP contribution < -0.4 is 5.32 Å². The van der Waals surface area contributed by atoms with Gasteiger partial charge in [0.25, 0.3) is 0 Å². The lowest BCUT2D eigenvalue weighted by molar-refractivity contribution is -0.137. The molecule has 0 saturated heterocycles. The van der Waals surface area contributed by atoms with Crippen molar-refractivity contribution in [3.63, 3.8) is 0 Å². The van der Waals surface area contributed by atoms with Gasteiger partial charge in [0.1, 0.15) is 16.5 Å². The molecule has 1 heterocycles. The van der Waals surface area contributed by atoms with E-state index in [4.69, 9.17) is 11.6 Å².